The second-order valence-electron chi connectivity index (χ2n) is 3.09. The molecule has 2 rings (SSSR count). The summed E-state index contributed by atoms with van der Waals surface area (Å²) in [4.78, 5) is 0. The van der Waals surface area contributed by atoms with E-state index in [0.717, 1.165) is 12.0 Å². The van der Waals surface area contributed by atoms with Crippen molar-refractivity contribution in [2.45, 2.75) is 18.8 Å². The molecule has 1 aromatic carbocycles. The molecule has 1 aliphatic heterocycles. The smallest absolute Gasteiger partial charge is 0.174 e. The van der Waals surface area contributed by atoms with Gasteiger partial charge in [-0.05, 0) is 18.1 Å². The first-order chi connectivity index (χ1) is 6.36. The molecule has 0 saturated heterocycles. The van der Waals surface area contributed by atoms with Gasteiger partial charge in [0.25, 0.3) is 0 Å². The van der Waals surface area contributed by atoms with E-state index >= 15 is 0 Å². The Hall–Kier alpha value is -1.12. The summed E-state index contributed by atoms with van der Waals surface area (Å²) in [7, 11) is 0. The lowest BCUT2D eigenvalue weighted by Gasteiger charge is -2.22. The van der Waals surface area contributed by atoms with Crippen molar-refractivity contribution >= 4 is 0 Å². The molecule has 0 aromatic heterocycles. The van der Waals surface area contributed by atoms with Crippen molar-refractivity contribution in [2.75, 3.05) is 0 Å². The number of hydrogen-bond acceptors (Lipinski definition) is 2. The van der Waals surface area contributed by atoms with Gasteiger partial charge < -0.3 is 9.84 Å². The molecule has 1 heterocycles. The van der Waals surface area contributed by atoms with Crippen LogP contribution in [0.5, 0.6) is 0 Å². The Morgan fingerprint density at radius 1 is 1.23 bits per heavy atom. The molecule has 2 heteroatoms. The van der Waals surface area contributed by atoms with Gasteiger partial charge >= 0.3 is 0 Å². The van der Waals surface area contributed by atoms with Gasteiger partial charge in [0.2, 0.25) is 0 Å². The number of hydrogen-bond donors (Lipinski definition) is 1. The van der Waals surface area contributed by atoms with Crippen LogP contribution in [0, 0.1) is 0 Å². The van der Waals surface area contributed by atoms with Crippen LogP contribution in [0.4, 0.5) is 0 Å². The molecule has 1 N–H and O–H groups in total. The Bertz CT molecular complexity index is 292. The molecule has 2 atom stereocenters. The lowest BCUT2D eigenvalue weighted by molar-refractivity contribution is -0.113. The predicted molar refractivity (Wildman–Crippen MR) is 50.0 cm³/mol. The van der Waals surface area contributed by atoms with Crippen LogP contribution in [0.3, 0.4) is 0 Å². The number of benzene rings is 1. The standard InChI is InChI=1S/C11H12O2/c12-11-8-4-7-10(13-11)9-5-2-1-3-6-9/h1-6,8,10-12H,7H2. The molecule has 13 heavy (non-hydrogen) atoms. The SMILES string of the molecule is OC1C=CCC(c2ccccc2)O1. The van der Waals surface area contributed by atoms with Crippen LogP contribution >= 0.6 is 0 Å². The van der Waals surface area contributed by atoms with Crippen LogP contribution in [0.2, 0.25) is 0 Å². The van der Waals surface area contributed by atoms with Gasteiger partial charge in [-0.15, -0.1) is 0 Å². The molecule has 68 valence electrons. The molecule has 2 nitrogen and oxygen atoms in total. The van der Waals surface area contributed by atoms with E-state index in [1.165, 1.54) is 0 Å². The lowest BCUT2D eigenvalue weighted by Crippen LogP contribution is -2.17. The third-order valence-corrected chi connectivity index (χ3v) is 2.13. The van der Waals surface area contributed by atoms with Crippen molar-refractivity contribution < 1.29 is 9.84 Å². The molecule has 1 aromatic rings. The fourth-order valence-corrected chi connectivity index (χ4v) is 1.47. The van der Waals surface area contributed by atoms with Gasteiger partial charge in [0, 0.05) is 0 Å². The van der Waals surface area contributed by atoms with Crippen LogP contribution in [-0.4, -0.2) is 11.4 Å². The molecular formula is C11H12O2. The molecule has 0 bridgehead atoms. The molecule has 2 unspecified atom stereocenters. The summed E-state index contributed by atoms with van der Waals surface area (Å²) in [5.41, 5.74) is 1.12. The van der Waals surface area contributed by atoms with Crippen LogP contribution in [0.25, 0.3) is 0 Å². The summed E-state index contributed by atoms with van der Waals surface area (Å²) in [6.45, 7) is 0. The second kappa shape index (κ2) is 3.73. The minimum Gasteiger partial charge on any atom is -0.365 e. The monoisotopic (exact) mass is 176 g/mol. The minimum atomic E-state index is -0.751. The van der Waals surface area contributed by atoms with Crippen molar-refractivity contribution in [3.05, 3.63) is 48.0 Å². The van der Waals surface area contributed by atoms with Crippen molar-refractivity contribution in [3.8, 4) is 0 Å². The highest BCUT2D eigenvalue weighted by Gasteiger charge is 2.16. The summed E-state index contributed by atoms with van der Waals surface area (Å²) < 4.78 is 5.34. The first-order valence-corrected chi connectivity index (χ1v) is 4.41. The molecular weight excluding hydrogens is 164 g/mol. The maximum atomic E-state index is 9.23. The zero-order valence-corrected chi connectivity index (χ0v) is 7.26. The maximum absolute atomic E-state index is 9.23. The Labute approximate surface area is 77.5 Å². The van der Waals surface area contributed by atoms with Crippen LogP contribution in [0.1, 0.15) is 18.1 Å². The van der Waals surface area contributed by atoms with Crippen LogP contribution in [-0.2, 0) is 4.74 Å². The van der Waals surface area contributed by atoms with Crippen molar-refractivity contribution in [3.63, 3.8) is 0 Å². The molecule has 0 saturated carbocycles. The topological polar surface area (TPSA) is 29.5 Å². The Kier molecular flexibility index (Phi) is 2.43. The summed E-state index contributed by atoms with van der Waals surface area (Å²) in [6.07, 6.45) is 3.70. The summed E-state index contributed by atoms with van der Waals surface area (Å²) >= 11 is 0. The molecule has 0 amide bonds. The average Bonchev–Trinajstić information content (AvgIpc) is 2.19. The van der Waals surface area contributed by atoms with Gasteiger partial charge in [-0.1, -0.05) is 36.4 Å². The van der Waals surface area contributed by atoms with E-state index in [0.29, 0.717) is 0 Å². The van der Waals surface area contributed by atoms with Gasteiger partial charge in [-0.2, -0.15) is 0 Å². The highest BCUT2D eigenvalue weighted by molar-refractivity contribution is 5.19. The number of aliphatic hydroxyl groups is 1. The molecule has 0 aliphatic carbocycles. The quantitative estimate of drug-likeness (QED) is 0.663. The lowest BCUT2D eigenvalue weighted by atomic mass is 10.1. The molecule has 0 radical (unpaired) electrons. The second-order valence-corrected chi connectivity index (χ2v) is 3.09. The van der Waals surface area contributed by atoms with Crippen molar-refractivity contribution in [2.24, 2.45) is 0 Å². The zero-order chi connectivity index (χ0) is 9.10. The van der Waals surface area contributed by atoms with E-state index in [-0.39, 0.29) is 6.10 Å². The average molecular weight is 176 g/mol. The van der Waals surface area contributed by atoms with Gasteiger partial charge in [0.05, 0.1) is 6.10 Å². The van der Waals surface area contributed by atoms with E-state index in [1.54, 1.807) is 6.08 Å². The van der Waals surface area contributed by atoms with E-state index in [2.05, 4.69) is 0 Å². The van der Waals surface area contributed by atoms with E-state index < -0.39 is 6.29 Å². The highest BCUT2D eigenvalue weighted by atomic mass is 16.6. The maximum Gasteiger partial charge on any atom is 0.174 e. The Balaban J connectivity index is 2.15. The largest absolute Gasteiger partial charge is 0.365 e. The normalized spacial score (nSPS) is 27.5. The van der Waals surface area contributed by atoms with E-state index in [9.17, 15) is 5.11 Å². The van der Waals surface area contributed by atoms with Crippen LogP contribution in [0.15, 0.2) is 42.5 Å². The molecule has 0 fully saturated rings. The third kappa shape index (κ3) is 1.97. The van der Waals surface area contributed by atoms with Gasteiger partial charge in [-0.25, -0.2) is 0 Å². The zero-order valence-electron chi connectivity index (χ0n) is 7.26. The number of rotatable bonds is 1. The fourth-order valence-electron chi connectivity index (χ4n) is 1.47. The Morgan fingerprint density at radius 3 is 2.69 bits per heavy atom. The minimum absolute atomic E-state index is 0.00111. The predicted octanol–water partition coefficient (Wildman–Crippen LogP) is 2.02. The first-order valence-electron chi connectivity index (χ1n) is 4.41. The third-order valence-electron chi connectivity index (χ3n) is 2.13. The Morgan fingerprint density at radius 2 is 2.00 bits per heavy atom. The van der Waals surface area contributed by atoms with Gasteiger partial charge in [-0.3, -0.25) is 0 Å². The summed E-state index contributed by atoms with van der Waals surface area (Å²) in [6, 6.07) is 9.94. The molecule has 0 spiro atoms. The molecule has 1 aliphatic rings. The number of aliphatic hydroxyl groups excluding tert-OH is 1. The van der Waals surface area contributed by atoms with Gasteiger partial charge in [0.1, 0.15) is 0 Å². The van der Waals surface area contributed by atoms with Gasteiger partial charge in [0.15, 0.2) is 6.29 Å². The van der Waals surface area contributed by atoms with Crippen molar-refractivity contribution in [1.82, 2.24) is 0 Å². The van der Waals surface area contributed by atoms with Crippen LogP contribution < -0.4 is 0 Å². The number of ether oxygens (including phenoxy) is 1. The fraction of sp³-hybridized carbons (Fsp3) is 0.273. The van der Waals surface area contributed by atoms with E-state index in [1.807, 2.05) is 36.4 Å². The first kappa shape index (κ1) is 8.48. The van der Waals surface area contributed by atoms with E-state index in [4.69, 9.17) is 4.74 Å². The highest BCUT2D eigenvalue weighted by Crippen LogP contribution is 2.25. The van der Waals surface area contributed by atoms with Crippen molar-refractivity contribution in [1.29, 1.82) is 0 Å². The summed E-state index contributed by atoms with van der Waals surface area (Å²) in [5, 5.41) is 9.23. The summed E-state index contributed by atoms with van der Waals surface area (Å²) in [5.74, 6) is 0.